The SMILES string of the molecule is CCN(C(=O)c1ccc(Cl)cc1)N(Cl)C(C)(C)C.Cl.Cl.O=CO. The Morgan fingerprint density at radius 2 is 1.61 bits per heavy atom. The van der Waals surface area contributed by atoms with Gasteiger partial charge in [-0.2, -0.15) is 0 Å². The van der Waals surface area contributed by atoms with Crippen molar-refractivity contribution in [2.24, 2.45) is 0 Å². The van der Waals surface area contributed by atoms with Crippen molar-refractivity contribution in [1.82, 2.24) is 9.54 Å². The molecule has 1 N–H and O–H groups in total. The molecule has 0 fully saturated rings. The second kappa shape index (κ2) is 12.7. The fourth-order valence-electron chi connectivity index (χ4n) is 1.45. The molecule has 0 bridgehead atoms. The van der Waals surface area contributed by atoms with E-state index in [-0.39, 0.29) is 42.7 Å². The van der Waals surface area contributed by atoms with Gasteiger partial charge in [-0.15, -0.1) is 29.3 Å². The van der Waals surface area contributed by atoms with Crippen LogP contribution in [-0.4, -0.2) is 39.1 Å². The molecule has 1 rings (SSSR count). The van der Waals surface area contributed by atoms with Crippen LogP contribution in [0.25, 0.3) is 0 Å². The zero-order valence-electron chi connectivity index (χ0n) is 13.3. The third-order valence-electron chi connectivity index (χ3n) is 2.39. The van der Waals surface area contributed by atoms with Crippen LogP contribution >= 0.6 is 48.2 Å². The number of carboxylic acid groups (broad SMARTS) is 1. The first kappa shape index (κ1) is 27.1. The molecule has 0 spiro atoms. The van der Waals surface area contributed by atoms with Gasteiger partial charge in [-0.05, 0) is 52.0 Å². The first-order valence-corrected chi connectivity index (χ1v) is 7.01. The van der Waals surface area contributed by atoms with E-state index in [9.17, 15) is 4.79 Å². The predicted octanol–water partition coefficient (Wildman–Crippen LogP) is 4.52. The summed E-state index contributed by atoms with van der Waals surface area (Å²) in [6, 6.07) is 6.78. The van der Waals surface area contributed by atoms with E-state index in [2.05, 4.69) is 0 Å². The highest BCUT2D eigenvalue weighted by Gasteiger charge is 2.29. The van der Waals surface area contributed by atoms with Crippen LogP contribution in [0, 0.1) is 0 Å². The van der Waals surface area contributed by atoms with Crippen molar-refractivity contribution >= 4 is 60.6 Å². The summed E-state index contributed by atoms with van der Waals surface area (Å²) < 4.78 is 1.43. The fraction of sp³-hybridized carbons (Fsp3) is 0.429. The lowest BCUT2D eigenvalue weighted by molar-refractivity contribution is -0.122. The first-order chi connectivity index (χ1) is 9.68. The molecule has 9 heteroatoms. The second-order valence-corrected chi connectivity index (χ2v) is 5.82. The van der Waals surface area contributed by atoms with Crippen LogP contribution in [0.3, 0.4) is 0 Å². The van der Waals surface area contributed by atoms with Gasteiger partial charge in [-0.25, -0.2) is 0 Å². The molecule has 1 aromatic carbocycles. The average Bonchev–Trinajstić information content (AvgIpc) is 2.40. The van der Waals surface area contributed by atoms with Crippen LogP contribution in [0.2, 0.25) is 5.02 Å². The molecule has 0 atom stereocenters. The molecule has 1 amide bonds. The Balaban J connectivity index is -0.000000740. The van der Waals surface area contributed by atoms with Gasteiger partial charge in [-0.1, -0.05) is 11.6 Å². The summed E-state index contributed by atoms with van der Waals surface area (Å²) in [5.74, 6) is -0.140. The lowest BCUT2D eigenvalue weighted by atomic mass is 10.1. The third kappa shape index (κ3) is 9.23. The van der Waals surface area contributed by atoms with Crippen molar-refractivity contribution in [2.75, 3.05) is 6.54 Å². The van der Waals surface area contributed by atoms with Crippen molar-refractivity contribution in [3.05, 3.63) is 34.9 Å². The molecular weight excluding hydrogens is 386 g/mol. The molecule has 0 heterocycles. The van der Waals surface area contributed by atoms with Gasteiger partial charge in [0.15, 0.2) is 0 Å². The van der Waals surface area contributed by atoms with Gasteiger partial charge in [0, 0.05) is 34.4 Å². The average molecular weight is 408 g/mol. The summed E-state index contributed by atoms with van der Waals surface area (Å²) in [5, 5.41) is 9.00. The van der Waals surface area contributed by atoms with Crippen LogP contribution in [0.4, 0.5) is 0 Å². The molecule has 0 aliphatic heterocycles. The van der Waals surface area contributed by atoms with Gasteiger partial charge in [0.25, 0.3) is 12.4 Å². The predicted molar refractivity (Wildman–Crippen MR) is 98.8 cm³/mol. The molecule has 0 unspecified atom stereocenters. The lowest BCUT2D eigenvalue weighted by Gasteiger charge is -2.37. The van der Waals surface area contributed by atoms with E-state index < -0.39 is 0 Å². The minimum atomic E-state index is -0.334. The van der Waals surface area contributed by atoms with Crippen molar-refractivity contribution in [3.8, 4) is 0 Å². The Hall–Kier alpha value is -0.720. The summed E-state index contributed by atoms with van der Waals surface area (Å²) in [4.78, 5) is 20.7. The number of hydrazine groups is 1. The van der Waals surface area contributed by atoms with E-state index in [0.717, 1.165) is 0 Å². The minimum Gasteiger partial charge on any atom is -0.483 e. The number of rotatable bonds is 3. The van der Waals surface area contributed by atoms with Crippen molar-refractivity contribution in [2.45, 2.75) is 33.2 Å². The Morgan fingerprint density at radius 3 is 1.91 bits per heavy atom. The summed E-state index contributed by atoms with van der Waals surface area (Å²) >= 11 is 12.0. The van der Waals surface area contributed by atoms with E-state index in [1.165, 1.54) is 9.54 Å². The van der Waals surface area contributed by atoms with Crippen molar-refractivity contribution in [3.63, 3.8) is 0 Å². The summed E-state index contributed by atoms with van der Waals surface area (Å²) in [7, 11) is 0. The van der Waals surface area contributed by atoms with E-state index >= 15 is 0 Å². The number of benzene rings is 1. The van der Waals surface area contributed by atoms with Crippen molar-refractivity contribution in [1.29, 1.82) is 0 Å². The standard InChI is InChI=1S/C13H18Cl2N2O.CH2O2.2ClH/c1-5-16(17(15)13(2,3)4)12(18)10-6-8-11(14)9-7-10;2-1-3;;/h6-9H,5H2,1-4H3;1H,(H,2,3);2*1H. The Labute approximate surface area is 159 Å². The molecule has 0 radical (unpaired) electrons. The molecule has 0 saturated carbocycles. The minimum absolute atomic E-state index is 0. The van der Waals surface area contributed by atoms with E-state index in [1.54, 1.807) is 24.3 Å². The molecule has 1 aromatic rings. The number of amides is 1. The third-order valence-corrected chi connectivity index (χ3v) is 3.33. The number of hydrogen-bond acceptors (Lipinski definition) is 3. The fourth-order valence-corrected chi connectivity index (χ4v) is 1.75. The quantitative estimate of drug-likeness (QED) is 0.454. The summed E-state index contributed by atoms with van der Waals surface area (Å²) in [6.07, 6.45) is 0. The number of carbonyl (C=O) groups excluding carboxylic acids is 1. The molecule has 0 aromatic heterocycles. The molecule has 0 saturated heterocycles. The Morgan fingerprint density at radius 1 is 1.22 bits per heavy atom. The molecule has 0 aliphatic carbocycles. The van der Waals surface area contributed by atoms with Crippen molar-refractivity contribution < 1.29 is 14.7 Å². The Bertz CT molecular complexity index is 464. The van der Waals surface area contributed by atoms with E-state index in [0.29, 0.717) is 17.1 Å². The van der Waals surface area contributed by atoms with Gasteiger partial charge in [0.1, 0.15) is 0 Å². The number of carbonyl (C=O) groups is 2. The lowest BCUT2D eigenvalue weighted by Crippen LogP contribution is -2.49. The maximum Gasteiger partial charge on any atom is 0.290 e. The van der Waals surface area contributed by atoms with Crippen LogP contribution < -0.4 is 0 Å². The highest BCUT2D eigenvalue weighted by atomic mass is 35.5. The zero-order valence-corrected chi connectivity index (χ0v) is 16.5. The van der Waals surface area contributed by atoms with Crippen LogP contribution in [0.1, 0.15) is 38.1 Å². The summed E-state index contributed by atoms with van der Waals surface area (Å²) in [6.45, 7) is 7.96. The molecule has 0 aliphatic rings. The second-order valence-electron chi connectivity index (χ2n) is 5.06. The maximum atomic E-state index is 12.3. The van der Waals surface area contributed by atoms with E-state index in [1.807, 2.05) is 27.7 Å². The topological polar surface area (TPSA) is 60.9 Å². The van der Waals surface area contributed by atoms with E-state index in [4.69, 9.17) is 33.3 Å². The highest BCUT2D eigenvalue weighted by molar-refractivity contribution is 6.30. The highest BCUT2D eigenvalue weighted by Crippen LogP contribution is 2.21. The van der Waals surface area contributed by atoms with Crippen LogP contribution in [-0.2, 0) is 4.79 Å². The number of hydrogen-bond donors (Lipinski definition) is 1. The van der Waals surface area contributed by atoms with Crippen LogP contribution in [0.5, 0.6) is 0 Å². The molecular formula is C14H22Cl4N2O3. The van der Waals surface area contributed by atoms with Gasteiger partial charge in [0.2, 0.25) is 0 Å². The van der Waals surface area contributed by atoms with Gasteiger partial charge < -0.3 is 5.11 Å². The monoisotopic (exact) mass is 406 g/mol. The maximum absolute atomic E-state index is 12.3. The van der Waals surface area contributed by atoms with Gasteiger partial charge in [-0.3, -0.25) is 14.6 Å². The normalized spacial score (nSPS) is 9.70. The smallest absolute Gasteiger partial charge is 0.290 e. The summed E-state index contributed by atoms with van der Waals surface area (Å²) in [5.41, 5.74) is 0.232. The Kier molecular flexibility index (Phi) is 15.0. The number of nitrogens with zero attached hydrogens (tertiary/aromatic N) is 2. The van der Waals surface area contributed by atoms with Crippen LogP contribution in [0.15, 0.2) is 24.3 Å². The molecule has 23 heavy (non-hydrogen) atoms. The van der Waals surface area contributed by atoms with Gasteiger partial charge >= 0.3 is 0 Å². The molecule has 5 nitrogen and oxygen atoms in total. The van der Waals surface area contributed by atoms with Gasteiger partial charge in [0.05, 0.1) is 0 Å². The zero-order chi connectivity index (χ0) is 16.6. The molecule has 134 valence electrons. The largest absolute Gasteiger partial charge is 0.483 e. The number of halogens is 4. The first-order valence-electron chi connectivity index (χ1n) is 6.30.